The summed E-state index contributed by atoms with van der Waals surface area (Å²) in [6.07, 6.45) is 1.24. The summed E-state index contributed by atoms with van der Waals surface area (Å²) in [5, 5.41) is 6.45. The maximum Gasteiger partial charge on any atom is 0.250 e. The Kier molecular flexibility index (Phi) is 4.58. The monoisotopic (exact) mass is 358 g/mol. The Morgan fingerprint density at radius 1 is 1.12 bits per heavy atom. The normalized spacial score (nSPS) is 23.7. The summed E-state index contributed by atoms with van der Waals surface area (Å²) < 4.78 is 5.37. The first kappa shape index (κ1) is 17.3. The van der Waals surface area contributed by atoms with E-state index in [9.17, 15) is 9.59 Å². The molecule has 1 aromatic carbocycles. The van der Waals surface area contributed by atoms with Crippen molar-refractivity contribution in [3.05, 3.63) is 24.3 Å². The van der Waals surface area contributed by atoms with Crippen LogP contribution in [-0.4, -0.2) is 72.6 Å². The van der Waals surface area contributed by atoms with E-state index >= 15 is 0 Å². The topological polar surface area (TPSA) is 73.9 Å². The van der Waals surface area contributed by atoms with Gasteiger partial charge in [0.05, 0.1) is 30.6 Å². The van der Waals surface area contributed by atoms with Crippen molar-refractivity contribution in [2.75, 3.05) is 50.0 Å². The summed E-state index contributed by atoms with van der Waals surface area (Å²) in [5.74, 6) is 0.155. The number of morpholine rings is 1. The van der Waals surface area contributed by atoms with Gasteiger partial charge >= 0.3 is 0 Å². The number of piperidine rings is 1. The molecule has 0 aliphatic carbocycles. The Balaban J connectivity index is 1.41. The SMILES string of the molecule is C[C@@H](C(=O)N1CCC2(CC1)Nc1ccccc1NC2=O)N1CCOCC1. The predicted molar refractivity (Wildman–Crippen MR) is 99.1 cm³/mol. The van der Waals surface area contributed by atoms with Gasteiger partial charge in [-0.25, -0.2) is 0 Å². The molecule has 1 atom stereocenters. The van der Waals surface area contributed by atoms with Crippen molar-refractivity contribution in [3.63, 3.8) is 0 Å². The fourth-order valence-electron chi connectivity index (χ4n) is 4.10. The molecule has 7 nitrogen and oxygen atoms in total. The van der Waals surface area contributed by atoms with Crippen molar-refractivity contribution in [3.8, 4) is 0 Å². The van der Waals surface area contributed by atoms with Crippen molar-refractivity contribution in [2.24, 2.45) is 0 Å². The lowest BCUT2D eigenvalue weighted by Gasteiger charge is -2.45. The van der Waals surface area contributed by atoms with Crippen LogP contribution < -0.4 is 10.6 Å². The second-order valence-electron chi connectivity index (χ2n) is 7.36. The van der Waals surface area contributed by atoms with Gasteiger partial charge in [0.25, 0.3) is 0 Å². The third-order valence-corrected chi connectivity index (χ3v) is 5.86. The highest BCUT2D eigenvalue weighted by atomic mass is 16.5. The lowest BCUT2D eigenvalue weighted by atomic mass is 9.84. The van der Waals surface area contributed by atoms with Gasteiger partial charge in [-0.3, -0.25) is 14.5 Å². The van der Waals surface area contributed by atoms with Gasteiger partial charge in [0.1, 0.15) is 5.54 Å². The zero-order chi connectivity index (χ0) is 18.1. The molecule has 0 bridgehead atoms. The average molecular weight is 358 g/mol. The van der Waals surface area contributed by atoms with Gasteiger partial charge in [0.2, 0.25) is 11.8 Å². The largest absolute Gasteiger partial charge is 0.379 e. The minimum absolute atomic E-state index is 0.00419. The lowest BCUT2D eigenvalue weighted by Crippen LogP contribution is -2.60. The van der Waals surface area contributed by atoms with Gasteiger partial charge in [0.15, 0.2) is 0 Å². The maximum atomic E-state index is 12.9. The molecule has 0 radical (unpaired) electrons. The Bertz CT molecular complexity index is 694. The van der Waals surface area contributed by atoms with Crippen LogP contribution >= 0.6 is 0 Å². The maximum absolute atomic E-state index is 12.9. The van der Waals surface area contributed by atoms with Crippen molar-refractivity contribution in [1.29, 1.82) is 0 Å². The molecule has 2 fully saturated rings. The van der Waals surface area contributed by atoms with Gasteiger partial charge in [-0.2, -0.15) is 0 Å². The van der Waals surface area contributed by atoms with Gasteiger partial charge in [-0.1, -0.05) is 12.1 Å². The fraction of sp³-hybridized carbons (Fsp3) is 0.579. The number of carbonyl (C=O) groups is 2. The molecule has 3 heterocycles. The van der Waals surface area contributed by atoms with E-state index in [1.807, 2.05) is 36.1 Å². The standard InChI is InChI=1S/C19H26N4O3/c1-14(22-10-12-26-13-11-22)17(24)23-8-6-19(7-9-23)18(25)20-15-4-2-3-5-16(15)21-19/h2-5,14,21H,6-13H2,1H3,(H,20,25)/t14-/m0/s1. The first-order chi connectivity index (χ1) is 12.6. The van der Waals surface area contributed by atoms with E-state index in [2.05, 4.69) is 15.5 Å². The highest BCUT2D eigenvalue weighted by molar-refractivity contribution is 6.06. The minimum Gasteiger partial charge on any atom is -0.379 e. The number of hydrogen-bond donors (Lipinski definition) is 2. The Morgan fingerprint density at radius 3 is 2.46 bits per heavy atom. The van der Waals surface area contributed by atoms with Gasteiger partial charge in [-0.05, 0) is 31.9 Å². The first-order valence-corrected chi connectivity index (χ1v) is 9.38. The molecule has 7 heteroatoms. The summed E-state index contributed by atoms with van der Waals surface area (Å²) >= 11 is 0. The van der Waals surface area contributed by atoms with Crippen LogP contribution in [0.25, 0.3) is 0 Å². The van der Waals surface area contributed by atoms with Crippen molar-refractivity contribution >= 4 is 23.2 Å². The van der Waals surface area contributed by atoms with E-state index in [4.69, 9.17) is 4.74 Å². The third kappa shape index (κ3) is 3.05. The second-order valence-corrected chi connectivity index (χ2v) is 7.36. The number of likely N-dealkylation sites (tertiary alicyclic amines) is 1. The molecule has 0 unspecified atom stereocenters. The minimum atomic E-state index is -0.618. The summed E-state index contributed by atoms with van der Waals surface area (Å²) in [5.41, 5.74) is 1.16. The first-order valence-electron chi connectivity index (χ1n) is 9.38. The summed E-state index contributed by atoms with van der Waals surface area (Å²) in [6, 6.07) is 7.61. The number of amides is 2. The van der Waals surface area contributed by atoms with Crippen LogP contribution in [0.15, 0.2) is 24.3 Å². The molecule has 1 spiro atoms. The Morgan fingerprint density at radius 2 is 1.77 bits per heavy atom. The summed E-state index contributed by atoms with van der Waals surface area (Å²) in [7, 11) is 0. The second kappa shape index (κ2) is 6.89. The number of para-hydroxylation sites is 2. The number of hydrogen-bond acceptors (Lipinski definition) is 5. The highest BCUT2D eigenvalue weighted by Gasteiger charge is 2.45. The lowest BCUT2D eigenvalue weighted by molar-refractivity contribution is -0.140. The quantitative estimate of drug-likeness (QED) is 0.829. The Hall–Kier alpha value is -2.12. The molecule has 0 aromatic heterocycles. The molecular weight excluding hydrogens is 332 g/mol. The summed E-state index contributed by atoms with van der Waals surface area (Å²) in [4.78, 5) is 29.6. The van der Waals surface area contributed by atoms with E-state index in [1.165, 1.54) is 0 Å². The van der Waals surface area contributed by atoms with Gasteiger partial charge < -0.3 is 20.3 Å². The van der Waals surface area contributed by atoms with E-state index < -0.39 is 5.54 Å². The van der Waals surface area contributed by atoms with Crippen LogP contribution in [0.3, 0.4) is 0 Å². The molecular formula is C19H26N4O3. The number of nitrogens with zero attached hydrogens (tertiary/aromatic N) is 2. The molecule has 2 N–H and O–H groups in total. The van der Waals surface area contributed by atoms with Crippen molar-refractivity contribution < 1.29 is 14.3 Å². The number of carbonyl (C=O) groups excluding carboxylic acids is 2. The number of fused-ring (bicyclic) bond motifs is 1. The third-order valence-electron chi connectivity index (χ3n) is 5.86. The van der Waals surface area contributed by atoms with E-state index in [0.717, 1.165) is 24.5 Å². The number of benzene rings is 1. The van der Waals surface area contributed by atoms with Crippen LogP contribution in [0.5, 0.6) is 0 Å². The molecule has 3 aliphatic heterocycles. The van der Waals surface area contributed by atoms with Crippen LogP contribution in [0, 0.1) is 0 Å². The molecule has 0 saturated carbocycles. The molecule has 4 rings (SSSR count). The van der Waals surface area contributed by atoms with Crippen LogP contribution in [0.4, 0.5) is 11.4 Å². The smallest absolute Gasteiger partial charge is 0.250 e. The number of nitrogens with one attached hydrogen (secondary N) is 2. The van der Waals surface area contributed by atoms with E-state index in [-0.39, 0.29) is 17.9 Å². The fourth-order valence-corrected chi connectivity index (χ4v) is 4.10. The van der Waals surface area contributed by atoms with Crippen molar-refractivity contribution in [1.82, 2.24) is 9.80 Å². The number of ether oxygens (including phenoxy) is 1. The molecule has 2 saturated heterocycles. The number of rotatable bonds is 2. The van der Waals surface area contributed by atoms with Crippen LogP contribution in [-0.2, 0) is 14.3 Å². The molecule has 1 aromatic rings. The van der Waals surface area contributed by atoms with Gasteiger partial charge in [0, 0.05) is 26.2 Å². The zero-order valence-corrected chi connectivity index (χ0v) is 15.2. The molecule has 2 amide bonds. The average Bonchev–Trinajstić information content (AvgIpc) is 2.69. The van der Waals surface area contributed by atoms with E-state index in [1.54, 1.807) is 0 Å². The highest BCUT2D eigenvalue weighted by Crippen LogP contribution is 2.36. The Labute approximate surface area is 153 Å². The molecule has 26 heavy (non-hydrogen) atoms. The molecule has 140 valence electrons. The number of anilines is 2. The zero-order valence-electron chi connectivity index (χ0n) is 15.2. The summed E-state index contributed by atoms with van der Waals surface area (Å²) in [6.45, 7) is 6.12. The molecule has 3 aliphatic rings. The van der Waals surface area contributed by atoms with Gasteiger partial charge in [-0.15, -0.1) is 0 Å². The van der Waals surface area contributed by atoms with Crippen LogP contribution in [0.2, 0.25) is 0 Å². The van der Waals surface area contributed by atoms with Crippen molar-refractivity contribution in [2.45, 2.75) is 31.3 Å². The predicted octanol–water partition coefficient (Wildman–Crippen LogP) is 1.13. The van der Waals surface area contributed by atoms with Crippen LogP contribution in [0.1, 0.15) is 19.8 Å². The van der Waals surface area contributed by atoms with E-state index in [0.29, 0.717) is 39.1 Å².